The predicted molar refractivity (Wildman–Crippen MR) is 198 cm³/mol. The molecule has 240 valence electrons. The summed E-state index contributed by atoms with van der Waals surface area (Å²) < 4.78 is 0. The van der Waals surface area contributed by atoms with E-state index < -0.39 is 0 Å². The highest BCUT2D eigenvalue weighted by molar-refractivity contribution is 5.69. The maximum Gasteiger partial charge on any atom is 0.0371 e. The molecule has 2 aromatic rings. The molecule has 0 fully saturated rings. The first-order chi connectivity index (χ1) is 21.9. The molecule has 0 aromatic heterocycles. The molecular formula is C43H58N2. The normalized spacial score (nSPS) is 18.2. The zero-order chi connectivity index (χ0) is 32.1. The van der Waals surface area contributed by atoms with Gasteiger partial charge in [-0.2, -0.15) is 0 Å². The maximum atomic E-state index is 3.73. The van der Waals surface area contributed by atoms with Crippen LogP contribution in [0.25, 0.3) is 11.1 Å². The molecule has 2 aromatic carbocycles. The molecule has 1 aliphatic carbocycles. The van der Waals surface area contributed by atoms with E-state index in [2.05, 4.69) is 143 Å². The number of rotatable bonds is 16. The Morgan fingerprint density at radius 2 is 1.71 bits per heavy atom. The Hall–Kier alpha value is -3.52. The average Bonchev–Trinajstić information content (AvgIpc) is 3.09. The van der Waals surface area contributed by atoms with E-state index in [0.717, 1.165) is 31.6 Å². The second kappa shape index (κ2) is 17.2. The van der Waals surface area contributed by atoms with Gasteiger partial charge in [0.2, 0.25) is 0 Å². The molecule has 0 saturated carbocycles. The van der Waals surface area contributed by atoms with Crippen molar-refractivity contribution >= 4 is 16.8 Å². The summed E-state index contributed by atoms with van der Waals surface area (Å²) in [6.07, 6.45) is 26.0. The van der Waals surface area contributed by atoms with Crippen molar-refractivity contribution in [1.82, 2.24) is 5.32 Å². The summed E-state index contributed by atoms with van der Waals surface area (Å²) in [6, 6.07) is 19.8. The number of anilines is 1. The van der Waals surface area contributed by atoms with Gasteiger partial charge in [-0.1, -0.05) is 132 Å². The van der Waals surface area contributed by atoms with Crippen LogP contribution in [0.3, 0.4) is 0 Å². The number of nitrogens with one attached hydrogen (secondary N) is 2. The van der Waals surface area contributed by atoms with Crippen molar-refractivity contribution in [3.05, 3.63) is 124 Å². The van der Waals surface area contributed by atoms with Crippen molar-refractivity contribution in [3.63, 3.8) is 0 Å². The van der Waals surface area contributed by atoms with Crippen molar-refractivity contribution < 1.29 is 0 Å². The van der Waals surface area contributed by atoms with E-state index in [1.807, 2.05) is 6.20 Å². The Morgan fingerprint density at radius 1 is 0.956 bits per heavy atom. The second-order valence-corrected chi connectivity index (χ2v) is 13.3. The van der Waals surface area contributed by atoms with Crippen LogP contribution < -0.4 is 21.1 Å². The molecule has 0 bridgehead atoms. The fraction of sp³-hybridized carbons (Fsp3) is 0.442. The molecule has 45 heavy (non-hydrogen) atoms. The van der Waals surface area contributed by atoms with E-state index in [-0.39, 0.29) is 5.41 Å². The van der Waals surface area contributed by atoms with Crippen LogP contribution >= 0.6 is 0 Å². The summed E-state index contributed by atoms with van der Waals surface area (Å²) in [4.78, 5) is 0. The second-order valence-electron chi connectivity index (χ2n) is 13.3. The molecular weight excluding hydrogens is 544 g/mol. The van der Waals surface area contributed by atoms with Gasteiger partial charge in [-0.15, -0.1) is 0 Å². The fourth-order valence-corrected chi connectivity index (χ4v) is 6.91. The topological polar surface area (TPSA) is 24.1 Å². The monoisotopic (exact) mass is 602 g/mol. The molecule has 0 spiro atoms. The molecule has 2 N–H and O–H groups in total. The molecule has 2 heteroatoms. The molecule has 0 amide bonds. The molecule has 0 saturated heterocycles. The first kappa shape index (κ1) is 34.4. The van der Waals surface area contributed by atoms with E-state index in [4.69, 9.17) is 0 Å². The Bertz CT molecular complexity index is 1520. The minimum Gasteiger partial charge on any atom is -0.387 e. The van der Waals surface area contributed by atoms with Crippen LogP contribution in [-0.4, -0.2) is 13.1 Å². The third kappa shape index (κ3) is 9.25. The first-order valence-corrected chi connectivity index (χ1v) is 17.7. The van der Waals surface area contributed by atoms with Gasteiger partial charge < -0.3 is 10.6 Å². The quantitative estimate of drug-likeness (QED) is 0.113. The summed E-state index contributed by atoms with van der Waals surface area (Å²) in [5, 5.41) is 10.0. The van der Waals surface area contributed by atoms with E-state index in [9.17, 15) is 0 Å². The van der Waals surface area contributed by atoms with E-state index in [1.54, 1.807) is 5.57 Å². The van der Waals surface area contributed by atoms with Gasteiger partial charge in [0.15, 0.2) is 0 Å². The Balaban J connectivity index is 1.71. The first-order valence-electron chi connectivity index (χ1n) is 17.7. The van der Waals surface area contributed by atoms with E-state index in [1.165, 1.54) is 71.3 Å². The number of benzene rings is 2. The molecule has 0 radical (unpaired) electrons. The van der Waals surface area contributed by atoms with Crippen LogP contribution in [0.15, 0.2) is 114 Å². The summed E-state index contributed by atoms with van der Waals surface area (Å²) in [5.74, 6) is 1.09. The standard InChI is InChI=1S/C43H58N2/c1-7-10-12-18-35(8-2)40-27-26-39(41-22-15-16-23-42(40)41)34(5)24-25-37(32-45-38-20-13-11-14-21-38)43(6,9-3)29-28-33(4)36-19-17-30-44-31-36/h11,13-17,19-25,28-30,33,35,44-45H,7-10,12,18,26-27,31-32H2,1-6H3/b29-28-,34-24+,37-25+. The number of fused-ring (bicyclic) bond motifs is 1. The van der Waals surface area contributed by atoms with Gasteiger partial charge in [-0.3, -0.25) is 0 Å². The highest BCUT2D eigenvalue weighted by atomic mass is 14.9. The highest BCUT2D eigenvalue weighted by Gasteiger charge is 2.25. The van der Waals surface area contributed by atoms with Crippen LogP contribution in [0, 0.1) is 17.3 Å². The summed E-state index contributed by atoms with van der Waals surface area (Å²) >= 11 is 0. The summed E-state index contributed by atoms with van der Waals surface area (Å²) in [7, 11) is 0. The van der Waals surface area contributed by atoms with Gasteiger partial charge >= 0.3 is 0 Å². The molecule has 2 aliphatic rings. The average molecular weight is 603 g/mol. The van der Waals surface area contributed by atoms with Gasteiger partial charge in [-0.25, -0.2) is 0 Å². The van der Waals surface area contributed by atoms with Crippen molar-refractivity contribution in [2.24, 2.45) is 17.3 Å². The molecule has 3 atom stereocenters. The van der Waals surface area contributed by atoms with Gasteiger partial charge in [0.05, 0.1) is 0 Å². The van der Waals surface area contributed by atoms with Crippen LogP contribution in [0.1, 0.15) is 92.9 Å². The zero-order valence-corrected chi connectivity index (χ0v) is 29.0. The Kier molecular flexibility index (Phi) is 13.2. The molecule has 4 rings (SSSR count). The van der Waals surface area contributed by atoms with Crippen LogP contribution in [-0.2, 0) is 0 Å². The lowest BCUT2D eigenvalue weighted by atomic mass is 9.77. The summed E-state index contributed by atoms with van der Waals surface area (Å²) in [6.45, 7) is 15.8. The summed E-state index contributed by atoms with van der Waals surface area (Å²) in [5.41, 5.74) is 8.53. The highest BCUT2D eigenvalue weighted by Crippen LogP contribution is 2.35. The van der Waals surface area contributed by atoms with Crippen molar-refractivity contribution in [2.45, 2.75) is 92.9 Å². The van der Waals surface area contributed by atoms with Crippen molar-refractivity contribution in [2.75, 3.05) is 18.4 Å². The van der Waals surface area contributed by atoms with Gasteiger partial charge in [-0.05, 0) is 108 Å². The third-order valence-corrected chi connectivity index (χ3v) is 10.3. The smallest absolute Gasteiger partial charge is 0.0371 e. The van der Waals surface area contributed by atoms with Crippen LogP contribution in [0.2, 0.25) is 0 Å². The molecule has 2 nitrogen and oxygen atoms in total. The van der Waals surface area contributed by atoms with Gasteiger partial charge in [0.1, 0.15) is 0 Å². The Labute approximate surface area is 274 Å². The largest absolute Gasteiger partial charge is 0.387 e. The minimum absolute atomic E-state index is 0.0613. The zero-order valence-electron chi connectivity index (χ0n) is 29.0. The molecule has 1 heterocycles. The predicted octanol–water partition coefficient (Wildman–Crippen LogP) is 10.0. The number of dihydropyridines is 1. The lowest BCUT2D eigenvalue weighted by Gasteiger charge is -2.30. The van der Waals surface area contributed by atoms with E-state index >= 15 is 0 Å². The number of allylic oxidation sites excluding steroid dienone is 7. The fourth-order valence-electron chi connectivity index (χ4n) is 6.91. The number of hydrogen-bond donors (Lipinski definition) is 2. The SMILES string of the molecule is CCCCCC(CC)C1=c2ccccc2=C(/C(C)=C/C=C(\CNc2ccccc2)C(C)(/C=C\C(C)C2=CC=CNC2)CC)CC1. The molecule has 1 aliphatic heterocycles. The van der Waals surface area contributed by atoms with Gasteiger partial charge in [0, 0.05) is 24.2 Å². The third-order valence-electron chi connectivity index (χ3n) is 10.3. The lowest BCUT2D eigenvalue weighted by molar-refractivity contribution is 0.486. The minimum atomic E-state index is -0.0613. The number of hydrogen-bond acceptors (Lipinski definition) is 2. The van der Waals surface area contributed by atoms with E-state index in [0.29, 0.717) is 11.8 Å². The van der Waals surface area contributed by atoms with Crippen molar-refractivity contribution in [3.8, 4) is 0 Å². The Morgan fingerprint density at radius 3 is 2.40 bits per heavy atom. The van der Waals surface area contributed by atoms with Crippen LogP contribution in [0.4, 0.5) is 5.69 Å². The van der Waals surface area contributed by atoms with Crippen LogP contribution in [0.5, 0.6) is 0 Å². The van der Waals surface area contributed by atoms with Crippen molar-refractivity contribution in [1.29, 1.82) is 0 Å². The lowest BCUT2D eigenvalue weighted by Crippen LogP contribution is -2.34. The maximum absolute atomic E-state index is 3.73. The number of unbranched alkanes of at least 4 members (excludes halogenated alkanes) is 2. The van der Waals surface area contributed by atoms with Gasteiger partial charge in [0.25, 0.3) is 0 Å². The molecule has 3 unspecified atom stereocenters. The number of para-hydroxylation sites is 1.